The van der Waals surface area contributed by atoms with Gasteiger partial charge in [-0.25, -0.2) is 4.79 Å². The summed E-state index contributed by atoms with van der Waals surface area (Å²) in [5.41, 5.74) is 0.149. The Bertz CT molecular complexity index is 590. The van der Waals surface area contributed by atoms with Crippen LogP contribution in [0.1, 0.15) is 26.3 Å². The molecule has 2 amide bonds. The summed E-state index contributed by atoms with van der Waals surface area (Å²) < 4.78 is 5.07. The fraction of sp³-hybridized carbons (Fsp3) is 0.471. The Labute approximate surface area is 141 Å². The van der Waals surface area contributed by atoms with Gasteiger partial charge in [-0.05, 0) is 11.0 Å². The zero-order valence-corrected chi connectivity index (χ0v) is 14.1. The Kier molecular flexibility index (Phi) is 7.21. The van der Waals surface area contributed by atoms with Crippen molar-refractivity contribution in [2.75, 3.05) is 6.54 Å². The molecule has 0 saturated carbocycles. The number of rotatable bonds is 6. The van der Waals surface area contributed by atoms with Crippen LogP contribution in [-0.2, 0) is 16.1 Å². The second-order valence-electron chi connectivity index (χ2n) is 6.37. The molecule has 0 heterocycles. The number of carbonyl (C=O) groups is 2. The summed E-state index contributed by atoms with van der Waals surface area (Å²) in [6, 6.07) is 9.63. The Morgan fingerprint density at radius 1 is 1.29 bits per heavy atom. The minimum atomic E-state index is -1.22. The minimum absolute atomic E-state index is 0.0464. The van der Waals surface area contributed by atoms with E-state index in [0.717, 1.165) is 5.56 Å². The van der Waals surface area contributed by atoms with E-state index in [1.165, 1.54) is 0 Å². The zero-order chi connectivity index (χ0) is 18.2. The van der Waals surface area contributed by atoms with Crippen molar-refractivity contribution in [1.29, 1.82) is 5.26 Å². The van der Waals surface area contributed by atoms with Gasteiger partial charge in [-0.3, -0.25) is 4.79 Å². The molecule has 0 aromatic heterocycles. The van der Waals surface area contributed by atoms with Crippen molar-refractivity contribution in [3.8, 4) is 6.07 Å². The van der Waals surface area contributed by atoms with Crippen LogP contribution in [0, 0.1) is 16.7 Å². The third-order valence-electron chi connectivity index (χ3n) is 3.31. The number of nitrogens with zero attached hydrogens (tertiary/aromatic N) is 1. The molecule has 0 bridgehead atoms. The van der Waals surface area contributed by atoms with E-state index in [9.17, 15) is 14.7 Å². The second-order valence-corrected chi connectivity index (χ2v) is 6.37. The maximum Gasteiger partial charge on any atom is 0.408 e. The molecule has 24 heavy (non-hydrogen) atoms. The quantitative estimate of drug-likeness (QED) is 0.680. The lowest BCUT2D eigenvalue weighted by Crippen LogP contribution is -2.57. The summed E-state index contributed by atoms with van der Waals surface area (Å²) in [5, 5.41) is 23.6. The van der Waals surface area contributed by atoms with Gasteiger partial charge < -0.3 is 20.5 Å². The first-order valence-electron chi connectivity index (χ1n) is 7.55. The Hall–Kier alpha value is -2.59. The standard InChI is InChI=1S/C17H23N3O4/c1-17(2,3)14(21)13(15(22)19-10-9-18)20-16(23)24-11-12-7-5-4-6-8-12/h4-8,13-14,21H,10-11H2,1-3H3,(H,19,22)(H,20,23)/t13-,14-/m0/s1. The van der Waals surface area contributed by atoms with Crippen LogP contribution in [0.15, 0.2) is 30.3 Å². The summed E-state index contributed by atoms with van der Waals surface area (Å²) >= 11 is 0. The van der Waals surface area contributed by atoms with E-state index >= 15 is 0 Å². The van der Waals surface area contributed by atoms with E-state index in [1.54, 1.807) is 39.0 Å². The lowest BCUT2D eigenvalue weighted by Gasteiger charge is -2.32. The molecule has 1 aromatic rings. The first-order chi connectivity index (χ1) is 11.3. The highest BCUT2D eigenvalue weighted by atomic mass is 16.5. The van der Waals surface area contributed by atoms with E-state index < -0.39 is 29.6 Å². The van der Waals surface area contributed by atoms with Crippen LogP contribution in [0.5, 0.6) is 0 Å². The monoisotopic (exact) mass is 333 g/mol. The average Bonchev–Trinajstić information content (AvgIpc) is 2.55. The molecule has 0 saturated heterocycles. The molecule has 1 aromatic carbocycles. The van der Waals surface area contributed by atoms with E-state index in [-0.39, 0.29) is 13.2 Å². The fourth-order valence-electron chi connectivity index (χ4n) is 1.92. The van der Waals surface area contributed by atoms with Crippen LogP contribution in [0.25, 0.3) is 0 Å². The van der Waals surface area contributed by atoms with Crippen LogP contribution in [0.2, 0.25) is 0 Å². The number of benzene rings is 1. The smallest absolute Gasteiger partial charge is 0.408 e. The Morgan fingerprint density at radius 3 is 2.46 bits per heavy atom. The maximum absolute atomic E-state index is 12.1. The van der Waals surface area contributed by atoms with Gasteiger partial charge in [0.15, 0.2) is 0 Å². The first-order valence-corrected chi connectivity index (χ1v) is 7.55. The second kappa shape index (κ2) is 8.89. The van der Waals surface area contributed by atoms with Crippen molar-refractivity contribution in [1.82, 2.24) is 10.6 Å². The summed E-state index contributed by atoms with van der Waals surface area (Å²) in [7, 11) is 0. The van der Waals surface area contributed by atoms with Crippen molar-refractivity contribution in [3.05, 3.63) is 35.9 Å². The predicted molar refractivity (Wildman–Crippen MR) is 87.6 cm³/mol. The minimum Gasteiger partial charge on any atom is -0.445 e. The fourth-order valence-corrected chi connectivity index (χ4v) is 1.92. The molecule has 7 nitrogen and oxygen atoms in total. The van der Waals surface area contributed by atoms with E-state index in [0.29, 0.717) is 0 Å². The number of alkyl carbamates (subject to hydrolysis) is 1. The Morgan fingerprint density at radius 2 is 1.92 bits per heavy atom. The van der Waals surface area contributed by atoms with Crippen LogP contribution in [0.4, 0.5) is 4.79 Å². The van der Waals surface area contributed by atoms with Crippen LogP contribution in [-0.4, -0.2) is 35.8 Å². The highest BCUT2D eigenvalue weighted by Gasteiger charge is 2.36. The number of hydrogen-bond donors (Lipinski definition) is 3. The van der Waals surface area contributed by atoms with Gasteiger partial charge in [0.1, 0.15) is 19.2 Å². The van der Waals surface area contributed by atoms with Gasteiger partial charge in [-0.2, -0.15) is 5.26 Å². The van der Waals surface area contributed by atoms with Gasteiger partial charge in [0, 0.05) is 0 Å². The summed E-state index contributed by atoms with van der Waals surface area (Å²) in [4.78, 5) is 24.1. The van der Waals surface area contributed by atoms with Crippen molar-refractivity contribution < 1.29 is 19.4 Å². The molecule has 3 N–H and O–H groups in total. The summed E-state index contributed by atoms with van der Waals surface area (Å²) in [6.45, 7) is 5.04. The number of aliphatic hydroxyl groups excluding tert-OH is 1. The molecule has 0 aliphatic heterocycles. The molecule has 0 radical (unpaired) electrons. The molecule has 0 fully saturated rings. The lowest BCUT2D eigenvalue weighted by atomic mass is 9.84. The van der Waals surface area contributed by atoms with Gasteiger partial charge in [0.25, 0.3) is 0 Å². The highest BCUT2D eigenvalue weighted by molar-refractivity contribution is 5.86. The SMILES string of the molecule is CC(C)(C)[C@@H](O)[C@H](NC(=O)OCc1ccccc1)C(=O)NCC#N. The van der Waals surface area contributed by atoms with Gasteiger partial charge in [-0.15, -0.1) is 0 Å². The van der Waals surface area contributed by atoms with Crippen LogP contribution >= 0.6 is 0 Å². The Balaban J connectivity index is 2.71. The normalized spacial score (nSPS) is 13.3. The van der Waals surface area contributed by atoms with E-state index in [1.807, 2.05) is 18.2 Å². The molecule has 1 rings (SSSR count). The number of nitriles is 1. The van der Waals surface area contributed by atoms with Crippen molar-refractivity contribution >= 4 is 12.0 Å². The molecular formula is C17H23N3O4. The number of aliphatic hydroxyl groups is 1. The maximum atomic E-state index is 12.1. The van der Waals surface area contributed by atoms with Gasteiger partial charge in [0.05, 0.1) is 12.2 Å². The van der Waals surface area contributed by atoms with Crippen LogP contribution in [0.3, 0.4) is 0 Å². The molecule has 0 spiro atoms. The molecule has 0 unspecified atom stereocenters. The molecule has 0 aliphatic rings. The molecule has 2 atom stereocenters. The molecule has 130 valence electrons. The number of amides is 2. The van der Waals surface area contributed by atoms with Gasteiger partial charge in [0.2, 0.25) is 5.91 Å². The largest absolute Gasteiger partial charge is 0.445 e. The number of ether oxygens (including phenoxy) is 1. The number of carbonyl (C=O) groups excluding carboxylic acids is 2. The first kappa shape index (κ1) is 19.5. The van der Waals surface area contributed by atoms with Gasteiger partial charge >= 0.3 is 6.09 Å². The molecular weight excluding hydrogens is 310 g/mol. The van der Waals surface area contributed by atoms with Crippen molar-refractivity contribution in [3.63, 3.8) is 0 Å². The molecule has 7 heteroatoms. The topological polar surface area (TPSA) is 111 Å². The van der Waals surface area contributed by atoms with Gasteiger partial charge in [-0.1, -0.05) is 51.1 Å². The van der Waals surface area contributed by atoms with Crippen molar-refractivity contribution in [2.24, 2.45) is 5.41 Å². The van der Waals surface area contributed by atoms with Crippen LogP contribution < -0.4 is 10.6 Å². The average molecular weight is 333 g/mol. The number of nitrogens with one attached hydrogen (secondary N) is 2. The third kappa shape index (κ3) is 6.26. The van der Waals surface area contributed by atoms with E-state index in [2.05, 4.69) is 10.6 Å². The molecule has 0 aliphatic carbocycles. The third-order valence-corrected chi connectivity index (χ3v) is 3.31. The predicted octanol–water partition coefficient (Wildman–Crippen LogP) is 1.33. The van der Waals surface area contributed by atoms with Crippen molar-refractivity contribution in [2.45, 2.75) is 39.5 Å². The summed E-state index contributed by atoms with van der Waals surface area (Å²) in [6.07, 6.45) is -1.97. The van der Waals surface area contributed by atoms with E-state index in [4.69, 9.17) is 10.00 Å². The lowest BCUT2D eigenvalue weighted by molar-refractivity contribution is -0.127. The number of hydrogen-bond acceptors (Lipinski definition) is 5. The highest BCUT2D eigenvalue weighted by Crippen LogP contribution is 2.22. The zero-order valence-electron chi connectivity index (χ0n) is 14.1. The summed E-state index contributed by atoms with van der Waals surface area (Å²) in [5.74, 6) is -0.643.